The zero-order chi connectivity index (χ0) is 16.6. The standard InChI is InChI=1S/C19H16N4O/c24-19(23-22-17-9-5-2-6-10-17)15-11-13-18(14-12-15)21-20-16-7-3-1-4-8-16/h1-14,22H,(H,23,24)/b21-20+. The van der Waals surface area contributed by atoms with E-state index in [1.54, 1.807) is 24.3 Å². The molecule has 0 unspecified atom stereocenters. The second-order valence-corrected chi connectivity index (χ2v) is 5.03. The molecule has 3 aromatic rings. The van der Waals surface area contributed by atoms with Crippen molar-refractivity contribution < 1.29 is 4.79 Å². The second kappa shape index (κ2) is 7.69. The largest absolute Gasteiger partial charge is 0.298 e. The lowest BCUT2D eigenvalue weighted by atomic mass is 10.2. The molecule has 0 spiro atoms. The Hall–Kier alpha value is -3.47. The van der Waals surface area contributed by atoms with E-state index in [0.717, 1.165) is 11.4 Å². The van der Waals surface area contributed by atoms with Crippen LogP contribution < -0.4 is 10.9 Å². The van der Waals surface area contributed by atoms with E-state index in [1.165, 1.54) is 0 Å². The minimum atomic E-state index is -0.217. The molecule has 0 atom stereocenters. The van der Waals surface area contributed by atoms with Crippen molar-refractivity contribution in [3.8, 4) is 0 Å². The van der Waals surface area contributed by atoms with Gasteiger partial charge >= 0.3 is 0 Å². The number of rotatable bonds is 5. The fourth-order valence-electron chi connectivity index (χ4n) is 2.01. The maximum atomic E-state index is 12.1. The van der Waals surface area contributed by atoms with Gasteiger partial charge in [0.2, 0.25) is 0 Å². The van der Waals surface area contributed by atoms with Gasteiger partial charge in [-0.2, -0.15) is 10.2 Å². The number of carbonyl (C=O) groups excluding carboxylic acids is 1. The first-order valence-corrected chi connectivity index (χ1v) is 7.49. The van der Waals surface area contributed by atoms with Crippen LogP contribution in [0.4, 0.5) is 17.1 Å². The van der Waals surface area contributed by atoms with Gasteiger partial charge in [0.25, 0.3) is 5.91 Å². The zero-order valence-electron chi connectivity index (χ0n) is 12.9. The molecule has 1 amide bonds. The van der Waals surface area contributed by atoms with E-state index in [4.69, 9.17) is 0 Å². The summed E-state index contributed by atoms with van der Waals surface area (Å²) >= 11 is 0. The number of hydrogen-bond donors (Lipinski definition) is 2. The first-order valence-electron chi connectivity index (χ1n) is 7.49. The van der Waals surface area contributed by atoms with Crippen LogP contribution in [0.1, 0.15) is 10.4 Å². The fraction of sp³-hybridized carbons (Fsp3) is 0. The van der Waals surface area contributed by atoms with Crippen LogP contribution >= 0.6 is 0 Å². The number of nitrogens with zero attached hydrogens (tertiary/aromatic N) is 2. The molecule has 0 aliphatic heterocycles. The molecule has 24 heavy (non-hydrogen) atoms. The highest BCUT2D eigenvalue weighted by molar-refractivity contribution is 5.95. The molecule has 2 N–H and O–H groups in total. The van der Waals surface area contributed by atoms with Crippen molar-refractivity contribution in [3.05, 3.63) is 90.5 Å². The Morgan fingerprint density at radius 3 is 1.83 bits per heavy atom. The summed E-state index contributed by atoms with van der Waals surface area (Å²) in [5, 5.41) is 8.29. The van der Waals surface area contributed by atoms with Crippen LogP contribution in [-0.2, 0) is 0 Å². The SMILES string of the molecule is O=C(NNc1ccccc1)c1ccc(/N=N/c2ccccc2)cc1. The van der Waals surface area contributed by atoms with Crippen LogP contribution in [0, 0.1) is 0 Å². The highest BCUT2D eigenvalue weighted by Gasteiger charge is 2.04. The smallest absolute Gasteiger partial charge is 0.269 e. The molecular weight excluding hydrogens is 300 g/mol. The number of azo groups is 1. The van der Waals surface area contributed by atoms with Gasteiger partial charge in [-0.05, 0) is 48.5 Å². The van der Waals surface area contributed by atoms with Gasteiger partial charge in [0.05, 0.1) is 17.1 Å². The molecule has 0 aromatic heterocycles. The summed E-state index contributed by atoms with van der Waals surface area (Å²) in [6.07, 6.45) is 0. The summed E-state index contributed by atoms with van der Waals surface area (Å²) in [6, 6.07) is 25.8. The third-order valence-electron chi connectivity index (χ3n) is 3.26. The van der Waals surface area contributed by atoms with E-state index >= 15 is 0 Å². The molecule has 5 nitrogen and oxygen atoms in total. The first-order chi connectivity index (χ1) is 11.8. The van der Waals surface area contributed by atoms with Gasteiger partial charge in [-0.3, -0.25) is 15.6 Å². The van der Waals surface area contributed by atoms with Gasteiger partial charge in [-0.1, -0.05) is 36.4 Å². The van der Waals surface area contributed by atoms with E-state index in [0.29, 0.717) is 11.3 Å². The fourth-order valence-corrected chi connectivity index (χ4v) is 2.01. The molecule has 0 saturated heterocycles. The predicted molar refractivity (Wildman–Crippen MR) is 94.6 cm³/mol. The van der Waals surface area contributed by atoms with Gasteiger partial charge in [0.15, 0.2) is 0 Å². The van der Waals surface area contributed by atoms with E-state index in [9.17, 15) is 4.79 Å². The average molecular weight is 316 g/mol. The molecule has 0 saturated carbocycles. The Bertz CT molecular complexity index is 815. The quantitative estimate of drug-likeness (QED) is 0.521. The van der Waals surface area contributed by atoms with Crippen LogP contribution in [-0.4, -0.2) is 5.91 Å². The number of carbonyl (C=O) groups is 1. The highest BCUT2D eigenvalue weighted by atomic mass is 16.2. The van der Waals surface area contributed by atoms with Gasteiger partial charge in [0.1, 0.15) is 0 Å². The first kappa shape index (κ1) is 15.4. The lowest BCUT2D eigenvalue weighted by Crippen LogP contribution is -2.29. The summed E-state index contributed by atoms with van der Waals surface area (Å²) in [5.74, 6) is -0.217. The second-order valence-electron chi connectivity index (χ2n) is 5.03. The molecule has 0 radical (unpaired) electrons. The van der Waals surface area contributed by atoms with Crippen LogP contribution in [0.25, 0.3) is 0 Å². The van der Waals surface area contributed by atoms with Gasteiger partial charge < -0.3 is 0 Å². The summed E-state index contributed by atoms with van der Waals surface area (Å²) in [7, 11) is 0. The molecule has 0 heterocycles. The minimum Gasteiger partial charge on any atom is -0.298 e. The average Bonchev–Trinajstić information content (AvgIpc) is 2.66. The van der Waals surface area contributed by atoms with Crippen molar-refractivity contribution in [1.29, 1.82) is 0 Å². The Labute approximate surface area is 140 Å². The van der Waals surface area contributed by atoms with E-state index in [2.05, 4.69) is 21.1 Å². The molecule has 3 rings (SSSR count). The maximum Gasteiger partial charge on any atom is 0.269 e. The van der Waals surface area contributed by atoms with E-state index in [1.807, 2.05) is 60.7 Å². The number of anilines is 1. The summed E-state index contributed by atoms with van der Waals surface area (Å²) in [5.41, 5.74) is 8.34. The molecule has 3 aromatic carbocycles. The topological polar surface area (TPSA) is 65.8 Å². The zero-order valence-corrected chi connectivity index (χ0v) is 12.9. The Morgan fingerprint density at radius 1 is 0.667 bits per heavy atom. The van der Waals surface area contributed by atoms with Gasteiger partial charge in [-0.25, -0.2) is 0 Å². The third-order valence-corrected chi connectivity index (χ3v) is 3.26. The van der Waals surface area contributed by atoms with Gasteiger partial charge in [0, 0.05) is 5.56 Å². The van der Waals surface area contributed by atoms with Crippen LogP contribution in [0.3, 0.4) is 0 Å². The van der Waals surface area contributed by atoms with Crippen molar-refractivity contribution in [3.63, 3.8) is 0 Å². The van der Waals surface area contributed by atoms with Crippen molar-refractivity contribution in [2.45, 2.75) is 0 Å². The number of amides is 1. The Balaban J connectivity index is 1.59. The Kier molecular flexibility index (Phi) is 4.94. The molecular formula is C19H16N4O. The normalized spacial score (nSPS) is 10.5. The molecule has 118 valence electrons. The third kappa shape index (κ3) is 4.27. The summed E-state index contributed by atoms with van der Waals surface area (Å²) < 4.78 is 0. The minimum absolute atomic E-state index is 0.217. The van der Waals surface area contributed by atoms with E-state index in [-0.39, 0.29) is 5.91 Å². The molecule has 5 heteroatoms. The lowest BCUT2D eigenvalue weighted by molar-refractivity contribution is 0.0962. The van der Waals surface area contributed by atoms with Crippen LogP contribution in [0.2, 0.25) is 0 Å². The van der Waals surface area contributed by atoms with Crippen molar-refractivity contribution >= 4 is 23.0 Å². The van der Waals surface area contributed by atoms with Crippen molar-refractivity contribution in [1.82, 2.24) is 5.43 Å². The lowest BCUT2D eigenvalue weighted by Gasteiger charge is -2.08. The van der Waals surface area contributed by atoms with Crippen molar-refractivity contribution in [2.75, 3.05) is 5.43 Å². The number of para-hydroxylation sites is 1. The number of nitrogens with one attached hydrogen (secondary N) is 2. The summed E-state index contributed by atoms with van der Waals surface area (Å²) in [4.78, 5) is 12.1. The van der Waals surface area contributed by atoms with Crippen molar-refractivity contribution in [2.24, 2.45) is 10.2 Å². The number of benzene rings is 3. The highest BCUT2D eigenvalue weighted by Crippen LogP contribution is 2.18. The molecule has 0 aliphatic carbocycles. The monoisotopic (exact) mass is 316 g/mol. The molecule has 0 aliphatic rings. The van der Waals surface area contributed by atoms with Crippen LogP contribution in [0.15, 0.2) is 95.2 Å². The van der Waals surface area contributed by atoms with E-state index < -0.39 is 0 Å². The van der Waals surface area contributed by atoms with Crippen LogP contribution in [0.5, 0.6) is 0 Å². The predicted octanol–water partition coefficient (Wildman–Crippen LogP) is 4.86. The molecule has 0 bridgehead atoms. The Morgan fingerprint density at radius 2 is 1.21 bits per heavy atom. The maximum absolute atomic E-state index is 12.1. The number of hydrogen-bond acceptors (Lipinski definition) is 4. The summed E-state index contributed by atoms with van der Waals surface area (Å²) in [6.45, 7) is 0. The number of hydrazine groups is 1. The molecule has 0 fully saturated rings. The van der Waals surface area contributed by atoms with Gasteiger partial charge in [-0.15, -0.1) is 0 Å².